The van der Waals surface area contributed by atoms with Gasteiger partial charge in [-0.2, -0.15) is 0 Å². The van der Waals surface area contributed by atoms with Crippen LogP contribution >= 0.6 is 15.9 Å². The van der Waals surface area contributed by atoms with E-state index in [2.05, 4.69) is 20.9 Å². The minimum absolute atomic E-state index is 0.214. The van der Waals surface area contributed by atoms with Gasteiger partial charge in [-0.15, -0.1) is 0 Å². The quantitative estimate of drug-likeness (QED) is 0.839. The Hall–Kier alpha value is -1.10. The summed E-state index contributed by atoms with van der Waals surface area (Å²) in [7, 11) is 0. The van der Waals surface area contributed by atoms with Crippen LogP contribution < -0.4 is 5.73 Å². The summed E-state index contributed by atoms with van der Waals surface area (Å²) in [6, 6.07) is 0. The van der Waals surface area contributed by atoms with Gasteiger partial charge in [0.05, 0.1) is 12.3 Å². The lowest BCUT2D eigenvalue weighted by molar-refractivity contribution is 0.0526. The number of hydrogen-bond donors (Lipinski definition) is 1. The van der Waals surface area contributed by atoms with E-state index >= 15 is 0 Å². The lowest BCUT2D eigenvalue weighted by Gasteiger charge is -2.11. The topological polar surface area (TPSA) is 65.2 Å². The lowest BCUT2D eigenvalue weighted by atomic mass is 10.1. The van der Waals surface area contributed by atoms with Crippen LogP contribution in [0.25, 0.3) is 0 Å². The van der Waals surface area contributed by atoms with E-state index in [1.807, 2.05) is 6.92 Å². The monoisotopic (exact) mass is 272 g/mol. The Morgan fingerprint density at radius 2 is 2.13 bits per heavy atom. The molecule has 4 nitrogen and oxygen atoms in total. The van der Waals surface area contributed by atoms with Gasteiger partial charge in [-0.25, -0.2) is 9.78 Å². The zero-order valence-electron chi connectivity index (χ0n) is 8.93. The molecule has 0 amide bonds. The van der Waals surface area contributed by atoms with E-state index in [9.17, 15) is 4.79 Å². The number of carbonyl (C=O) groups excluding carboxylic acids is 1. The largest absolute Gasteiger partial charge is 0.462 e. The maximum atomic E-state index is 11.6. The molecule has 0 spiro atoms. The molecule has 1 aromatic rings. The first-order valence-corrected chi connectivity index (χ1v) is 5.37. The number of pyridine rings is 1. The number of hydrogen-bond acceptors (Lipinski definition) is 4. The summed E-state index contributed by atoms with van der Waals surface area (Å²) in [4.78, 5) is 15.7. The van der Waals surface area contributed by atoms with Crippen molar-refractivity contribution in [2.24, 2.45) is 0 Å². The molecular weight excluding hydrogens is 260 g/mol. The van der Waals surface area contributed by atoms with Crippen LogP contribution in [0.2, 0.25) is 0 Å². The first kappa shape index (κ1) is 12.0. The maximum Gasteiger partial charge on any atom is 0.342 e. The predicted octanol–water partition coefficient (Wildman–Crippen LogP) is 2.22. The molecule has 0 aliphatic carbocycles. The zero-order chi connectivity index (χ0) is 11.6. The van der Waals surface area contributed by atoms with Crippen LogP contribution in [0.1, 0.15) is 28.5 Å². The Morgan fingerprint density at radius 1 is 1.53 bits per heavy atom. The average Bonchev–Trinajstić information content (AvgIpc) is 2.15. The summed E-state index contributed by atoms with van der Waals surface area (Å²) >= 11 is 3.36. The van der Waals surface area contributed by atoms with Crippen LogP contribution in [0, 0.1) is 13.8 Å². The van der Waals surface area contributed by atoms with Crippen LogP contribution in [0.5, 0.6) is 0 Å². The van der Waals surface area contributed by atoms with Crippen LogP contribution in [0.4, 0.5) is 5.82 Å². The first-order chi connectivity index (χ1) is 6.99. The van der Waals surface area contributed by atoms with Crippen LogP contribution in [-0.2, 0) is 4.74 Å². The summed E-state index contributed by atoms with van der Waals surface area (Å²) < 4.78 is 5.70. The number of aryl methyl sites for hydroxylation is 1. The SMILES string of the molecule is CCOC(=O)c1c(N)nc(C)c(Br)c1C. The van der Waals surface area contributed by atoms with E-state index in [0.717, 1.165) is 15.7 Å². The van der Waals surface area contributed by atoms with E-state index in [1.165, 1.54) is 0 Å². The second kappa shape index (κ2) is 4.61. The van der Waals surface area contributed by atoms with E-state index in [4.69, 9.17) is 10.5 Å². The predicted molar refractivity (Wildman–Crippen MR) is 61.8 cm³/mol. The van der Waals surface area contributed by atoms with E-state index < -0.39 is 5.97 Å². The molecule has 15 heavy (non-hydrogen) atoms. The molecule has 0 atom stereocenters. The second-order valence-electron chi connectivity index (χ2n) is 3.12. The van der Waals surface area contributed by atoms with Crippen molar-refractivity contribution in [3.63, 3.8) is 0 Å². The standard InChI is InChI=1S/C10H13BrN2O2/c1-4-15-10(14)7-5(2)8(11)6(3)13-9(7)12/h4H2,1-3H3,(H2,12,13). The molecule has 1 heterocycles. The molecule has 0 fully saturated rings. The maximum absolute atomic E-state index is 11.6. The summed E-state index contributed by atoms with van der Waals surface area (Å²) in [5.41, 5.74) is 7.56. The number of nitrogens with two attached hydrogens (primary N) is 1. The van der Waals surface area contributed by atoms with Crippen LogP contribution in [0.15, 0.2) is 4.47 Å². The molecule has 0 saturated carbocycles. The Labute approximate surface area is 97.0 Å². The molecule has 0 radical (unpaired) electrons. The fraction of sp³-hybridized carbons (Fsp3) is 0.400. The summed E-state index contributed by atoms with van der Waals surface area (Å²) in [6.07, 6.45) is 0. The number of carbonyl (C=O) groups is 1. The van der Waals surface area contributed by atoms with Crippen molar-refractivity contribution in [3.05, 3.63) is 21.3 Å². The van der Waals surface area contributed by atoms with Gasteiger partial charge >= 0.3 is 5.97 Å². The molecule has 5 heteroatoms. The number of halogens is 1. The van der Waals surface area contributed by atoms with Gasteiger partial charge < -0.3 is 10.5 Å². The molecular formula is C10H13BrN2O2. The van der Waals surface area contributed by atoms with Gasteiger partial charge in [0.1, 0.15) is 11.4 Å². The van der Waals surface area contributed by atoms with Gasteiger partial charge in [0.15, 0.2) is 0 Å². The molecule has 0 aliphatic heterocycles. The highest BCUT2D eigenvalue weighted by Crippen LogP contribution is 2.26. The smallest absolute Gasteiger partial charge is 0.342 e. The summed E-state index contributed by atoms with van der Waals surface area (Å²) in [5, 5.41) is 0. The molecule has 1 aromatic heterocycles. The fourth-order valence-corrected chi connectivity index (χ4v) is 1.61. The van der Waals surface area contributed by atoms with Gasteiger partial charge in [0.25, 0.3) is 0 Å². The van der Waals surface area contributed by atoms with Crippen molar-refractivity contribution >= 4 is 27.7 Å². The minimum atomic E-state index is -0.430. The van der Waals surface area contributed by atoms with Crippen molar-refractivity contribution in [1.29, 1.82) is 0 Å². The van der Waals surface area contributed by atoms with Crippen molar-refractivity contribution in [3.8, 4) is 0 Å². The molecule has 0 unspecified atom stereocenters. The number of nitrogen functional groups attached to an aromatic ring is 1. The van der Waals surface area contributed by atoms with Crippen molar-refractivity contribution in [2.45, 2.75) is 20.8 Å². The Balaban J connectivity index is 3.29. The van der Waals surface area contributed by atoms with Gasteiger partial charge in [0.2, 0.25) is 0 Å². The minimum Gasteiger partial charge on any atom is -0.462 e. The van der Waals surface area contributed by atoms with E-state index in [1.54, 1.807) is 13.8 Å². The number of rotatable bonds is 2. The molecule has 82 valence electrons. The molecule has 0 bridgehead atoms. The van der Waals surface area contributed by atoms with Gasteiger partial charge in [0, 0.05) is 4.47 Å². The Kier molecular flexibility index (Phi) is 3.68. The van der Waals surface area contributed by atoms with Gasteiger partial charge in [-0.05, 0) is 42.3 Å². The van der Waals surface area contributed by atoms with Crippen molar-refractivity contribution < 1.29 is 9.53 Å². The number of ether oxygens (including phenoxy) is 1. The molecule has 1 rings (SSSR count). The average molecular weight is 273 g/mol. The Bertz CT molecular complexity index is 405. The third kappa shape index (κ3) is 2.28. The number of aromatic nitrogens is 1. The van der Waals surface area contributed by atoms with E-state index in [-0.39, 0.29) is 5.82 Å². The summed E-state index contributed by atoms with van der Waals surface area (Å²) in [5.74, 6) is -0.215. The molecule has 0 aliphatic rings. The van der Waals surface area contributed by atoms with Gasteiger partial charge in [-0.3, -0.25) is 0 Å². The number of esters is 1. The van der Waals surface area contributed by atoms with E-state index in [0.29, 0.717) is 12.2 Å². The molecule has 0 aromatic carbocycles. The highest BCUT2D eigenvalue weighted by atomic mass is 79.9. The third-order valence-corrected chi connectivity index (χ3v) is 3.21. The van der Waals surface area contributed by atoms with Crippen LogP contribution in [-0.4, -0.2) is 17.6 Å². The summed E-state index contributed by atoms with van der Waals surface area (Å²) in [6.45, 7) is 5.70. The number of nitrogens with zero attached hydrogens (tertiary/aromatic N) is 1. The highest BCUT2D eigenvalue weighted by molar-refractivity contribution is 9.10. The Morgan fingerprint density at radius 3 is 2.67 bits per heavy atom. The second-order valence-corrected chi connectivity index (χ2v) is 3.91. The lowest BCUT2D eigenvalue weighted by Crippen LogP contribution is -2.12. The fourth-order valence-electron chi connectivity index (χ4n) is 1.32. The molecule has 0 saturated heterocycles. The van der Waals surface area contributed by atoms with Crippen molar-refractivity contribution in [1.82, 2.24) is 4.98 Å². The normalized spacial score (nSPS) is 10.1. The molecule has 2 N–H and O–H groups in total. The van der Waals surface area contributed by atoms with Crippen molar-refractivity contribution in [2.75, 3.05) is 12.3 Å². The number of anilines is 1. The van der Waals surface area contributed by atoms with Gasteiger partial charge in [-0.1, -0.05) is 0 Å². The third-order valence-electron chi connectivity index (χ3n) is 2.05. The highest BCUT2D eigenvalue weighted by Gasteiger charge is 2.18. The zero-order valence-corrected chi connectivity index (χ0v) is 10.5. The first-order valence-electron chi connectivity index (χ1n) is 4.58. The van der Waals surface area contributed by atoms with Crippen LogP contribution in [0.3, 0.4) is 0 Å².